The highest BCUT2D eigenvalue weighted by atomic mass is 16.5. The Hall–Kier alpha value is -2.63. The number of amides is 1. The molecule has 26 heavy (non-hydrogen) atoms. The summed E-state index contributed by atoms with van der Waals surface area (Å²) in [5, 5.41) is 3.24. The Labute approximate surface area is 154 Å². The first-order valence-electron chi connectivity index (χ1n) is 9.20. The average Bonchev–Trinajstić information content (AvgIpc) is 2.63. The van der Waals surface area contributed by atoms with Crippen LogP contribution in [-0.4, -0.2) is 40.5 Å². The second-order valence-electron chi connectivity index (χ2n) is 6.74. The number of piperidine rings is 1. The van der Waals surface area contributed by atoms with Crippen LogP contribution in [0.4, 0.5) is 11.5 Å². The third-order valence-corrected chi connectivity index (χ3v) is 4.57. The topological polar surface area (TPSA) is 67.3 Å². The maximum atomic E-state index is 12.8. The molecule has 2 heterocycles. The lowest BCUT2D eigenvalue weighted by molar-refractivity contribution is 0.0691. The molecular formula is C20H26N4O2. The van der Waals surface area contributed by atoms with Gasteiger partial charge in [0.1, 0.15) is 23.1 Å². The van der Waals surface area contributed by atoms with Crippen LogP contribution in [0.1, 0.15) is 43.0 Å². The van der Waals surface area contributed by atoms with Crippen LogP contribution in [0.5, 0.6) is 5.75 Å². The molecular weight excluding hydrogens is 328 g/mol. The monoisotopic (exact) mass is 354 g/mol. The third-order valence-electron chi connectivity index (χ3n) is 4.57. The first-order chi connectivity index (χ1) is 12.5. The molecule has 1 amide bonds. The van der Waals surface area contributed by atoms with Crippen LogP contribution in [0.25, 0.3) is 0 Å². The summed E-state index contributed by atoms with van der Waals surface area (Å²) in [5.41, 5.74) is 1.33. The Morgan fingerprint density at radius 2 is 1.92 bits per heavy atom. The van der Waals surface area contributed by atoms with E-state index in [0.29, 0.717) is 29.9 Å². The summed E-state index contributed by atoms with van der Waals surface area (Å²) < 4.78 is 5.45. The molecule has 0 unspecified atom stereocenters. The highest BCUT2D eigenvalue weighted by Gasteiger charge is 2.23. The first kappa shape index (κ1) is 18.2. The SMILES string of the molecule is CCOc1ccc(Nc2cc(C(=O)N3CCC(C)CC3)nc(C)n2)cc1. The van der Waals surface area contributed by atoms with Crippen LogP contribution >= 0.6 is 0 Å². The number of likely N-dealkylation sites (tertiary alicyclic amines) is 1. The quantitative estimate of drug-likeness (QED) is 0.884. The number of hydrogen-bond donors (Lipinski definition) is 1. The molecule has 0 spiro atoms. The van der Waals surface area contributed by atoms with Gasteiger partial charge in [0.25, 0.3) is 5.91 Å². The van der Waals surface area contributed by atoms with Crippen molar-refractivity contribution in [3.63, 3.8) is 0 Å². The number of aryl methyl sites for hydroxylation is 1. The summed E-state index contributed by atoms with van der Waals surface area (Å²) in [7, 11) is 0. The number of carbonyl (C=O) groups is 1. The molecule has 1 aromatic heterocycles. The summed E-state index contributed by atoms with van der Waals surface area (Å²) in [4.78, 5) is 23.4. The zero-order chi connectivity index (χ0) is 18.5. The van der Waals surface area contributed by atoms with E-state index in [1.54, 1.807) is 13.0 Å². The number of ether oxygens (including phenoxy) is 1. The van der Waals surface area contributed by atoms with Gasteiger partial charge in [0.2, 0.25) is 0 Å². The number of carbonyl (C=O) groups excluding carboxylic acids is 1. The van der Waals surface area contributed by atoms with E-state index >= 15 is 0 Å². The Morgan fingerprint density at radius 1 is 1.23 bits per heavy atom. The third kappa shape index (κ3) is 4.50. The van der Waals surface area contributed by atoms with Gasteiger partial charge < -0.3 is 15.0 Å². The second-order valence-corrected chi connectivity index (χ2v) is 6.74. The molecule has 0 bridgehead atoms. The lowest BCUT2D eigenvalue weighted by Crippen LogP contribution is -2.38. The van der Waals surface area contributed by atoms with Crippen LogP contribution in [0.15, 0.2) is 30.3 Å². The number of anilines is 2. The van der Waals surface area contributed by atoms with E-state index in [9.17, 15) is 4.79 Å². The van der Waals surface area contributed by atoms with Crippen molar-refractivity contribution in [1.29, 1.82) is 0 Å². The summed E-state index contributed by atoms with van der Waals surface area (Å²) >= 11 is 0. The zero-order valence-electron chi connectivity index (χ0n) is 15.7. The van der Waals surface area contributed by atoms with Gasteiger partial charge in [0.05, 0.1) is 6.61 Å². The van der Waals surface area contributed by atoms with Gasteiger partial charge >= 0.3 is 0 Å². The lowest BCUT2D eigenvalue weighted by atomic mass is 9.99. The normalized spacial score (nSPS) is 15.0. The highest BCUT2D eigenvalue weighted by molar-refractivity contribution is 5.93. The van der Waals surface area contributed by atoms with E-state index in [2.05, 4.69) is 22.2 Å². The molecule has 1 N–H and O–H groups in total. The van der Waals surface area contributed by atoms with Crippen LogP contribution in [0, 0.1) is 12.8 Å². The Kier molecular flexibility index (Phi) is 5.71. The number of benzene rings is 1. The van der Waals surface area contributed by atoms with Gasteiger partial charge in [-0.3, -0.25) is 4.79 Å². The fourth-order valence-corrected chi connectivity index (χ4v) is 3.06. The van der Waals surface area contributed by atoms with Crippen LogP contribution in [-0.2, 0) is 0 Å². The molecule has 0 saturated carbocycles. The molecule has 1 aliphatic heterocycles. The fraction of sp³-hybridized carbons (Fsp3) is 0.450. The maximum absolute atomic E-state index is 12.8. The summed E-state index contributed by atoms with van der Waals surface area (Å²) in [6.45, 7) is 8.22. The minimum Gasteiger partial charge on any atom is -0.494 e. The lowest BCUT2D eigenvalue weighted by Gasteiger charge is -2.30. The summed E-state index contributed by atoms with van der Waals surface area (Å²) in [6, 6.07) is 9.39. The number of nitrogens with zero attached hydrogens (tertiary/aromatic N) is 3. The number of hydrogen-bond acceptors (Lipinski definition) is 5. The maximum Gasteiger partial charge on any atom is 0.272 e. The first-order valence-corrected chi connectivity index (χ1v) is 9.20. The molecule has 1 aromatic carbocycles. The van der Waals surface area contributed by atoms with E-state index in [-0.39, 0.29) is 5.91 Å². The van der Waals surface area contributed by atoms with Crippen LogP contribution < -0.4 is 10.1 Å². The zero-order valence-corrected chi connectivity index (χ0v) is 15.7. The van der Waals surface area contributed by atoms with Crippen LogP contribution in [0.2, 0.25) is 0 Å². The smallest absolute Gasteiger partial charge is 0.272 e. The van der Waals surface area contributed by atoms with Gasteiger partial charge in [-0.15, -0.1) is 0 Å². The number of rotatable bonds is 5. The van der Waals surface area contributed by atoms with Crippen molar-refractivity contribution >= 4 is 17.4 Å². The van der Waals surface area contributed by atoms with Crippen molar-refractivity contribution in [3.8, 4) is 5.75 Å². The van der Waals surface area contributed by atoms with Crippen molar-refractivity contribution in [1.82, 2.24) is 14.9 Å². The van der Waals surface area contributed by atoms with E-state index < -0.39 is 0 Å². The Morgan fingerprint density at radius 3 is 2.58 bits per heavy atom. The van der Waals surface area contributed by atoms with Gasteiger partial charge in [-0.1, -0.05) is 6.92 Å². The molecule has 6 heteroatoms. The molecule has 1 fully saturated rings. The van der Waals surface area contributed by atoms with Gasteiger partial charge in [-0.2, -0.15) is 0 Å². The summed E-state index contributed by atoms with van der Waals surface area (Å²) in [6.07, 6.45) is 2.10. The molecule has 0 radical (unpaired) electrons. The molecule has 2 aromatic rings. The largest absolute Gasteiger partial charge is 0.494 e. The van der Waals surface area contributed by atoms with E-state index in [1.165, 1.54) is 0 Å². The van der Waals surface area contributed by atoms with Crippen molar-refractivity contribution < 1.29 is 9.53 Å². The highest BCUT2D eigenvalue weighted by Crippen LogP contribution is 2.21. The predicted molar refractivity (Wildman–Crippen MR) is 102 cm³/mol. The molecule has 1 saturated heterocycles. The molecule has 1 aliphatic rings. The molecule has 6 nitrogen and oxygen atoms in total. The van der Waals surface area contributed by atoms with E-state index in [1.807, 2.05) is 36.1 Å². The second kappa shape index (κ2) is 8.17. The fourth-order valence-electron chi connectivity index (χ4n) is 3.06. The molecule has 3 rings (SSSR count). The Balaban J connectivity index is 1.73. The van der Waals surface area contributed by atoms with E-state index in [0.717, 1.165) is 37.4 Å². The minimum absolute atomic E-state index is 0.0165. The number of nitrogens with one attached hydrogen (secondary N) is 1. The van der Waals surface area contributed by atoms with Crippen molar-refractivity contribution in [2.75, 3.05) is 25.0 Å². The summed E-state index contributed by atoms with van der Waals surface area (Å²) in [5.74, 6) is 2.69. The van der Waals surface area contributed by atoms with Gasteiger partial charge in [0, 0.05) is 24.8 Å². The van der Waals surface area contributed by atoms with E-state index in [4.69, 9.17) is 4.74 Å². The molecule has 0 atom stereocenters. The van der Waals surface area contributed by atoms with Gasteiger partial charge in [-0.05, 0) is 56.9 Å². The van der Waals surface area contributed by atoms with Crippen molar-refractivity contribution in [2.45, 2.75) is 33.6 Å². The Bertz CT molecular complexity index is 753. The number of aromatic nitrogens is 2. The molecule has 138 valence electrons. The van der Waals surface area contributed by atoms with Crippen molar-refractivity contribution in [2.24, 2.45) is 5.92 Å². The van der Waals surface area contributed by atoms with Crippen molar-refractivity contribution in [3.05, 3.63) is 41.9 Å². The van der Waals surface area contributed by atoms with Gasteiger partial charge in [-0.25, -0.2) is 9.97 Å². The minimum atomic E-state index is -0.0165. The standard InChI is InChI=1S/C20H26N4O2/c1-4-26-17-7-5-16(6-8-17)23-19-13-18(21-15(3)22-19)20(25)24-11-9-14(2)10-12-24/h5-8,13-14H,4,9-12H2,1-3H3,(H,21,22,23). The van der Waals surface area contributed by atoms with Crippen LogP contribution in [0.3, 0.4) is 0 Å². The van der Waals surface area contributed by atoms with Gasteiger partial charge in [0.15, 0.2) is 0 Å². The average molecular weight is 354 g/mol. The molecule has 0 aliphatic carbocycles. The predicted octanol–water partition coefficient (Wildman–Crippen LogP) is 3.80.